The highest BCUT2D eigenvalue weighted by molar-refractivity contribution is 6.33. The summed E-state index contributed by atoms with van der Waals surface area (Å²) in [6.07, 6.45) is 3.96. The normalized spacial score (nSPS) is 11.0. The predicted molar refractivity (Wildman–Crippen MR) is 107 cm³/mol. The summed E-state index contributed by atoms with van der Waals surface area (Å²) in [6, 6.07) is 21.9. The molecule has 0 saturated heterocycles. The van der Waals surface area contributed by atoms with Crippen LogP contribution in [0.5, 0.6) is 0 Å². The second-order valence-electron chi connectivity index (χ2n) is 6.38. The zero-order chi connectivity index (χ0) is 18.5. The maximum atomic E-state index is 6.23. The first-order valence-corrected chi connectivity index (χ1v) is 9.25. The van der Waals surface area contributed by atoms with Gasteiger partial charge in [0.05, 0.1) is 24.3 Å². The van der Waals surface area contributed by atoms with E-state index in [0.29, 0.717) is 11.6 Å². The summed E-state index contributed by atoms with van der Waals surface area (Å²) in [5.74, 6) is 1.66. The third-order valence-corrected chi connectivity index (χ3v) is 4.63. The Morgan fingerprint density at radius 2 is 1.70 bits per heavy atom. The fourth-order valence-electron chi connectivity index (χ4n) is 2.96. The molecule has 0 fully saturated rings. The lowest BCUT2D eigenvalue weighted by Gasteiger charge is -2.02. The van der Waals surface area contributed by atoms with E-state index in [9.17, 15) is 0 Å². The quantitative estimate of drug-likeness (QED) is 0.485. The van der Waals surface area contributed by atoms with Crippen molar-refractivity contribution in [3.8, 4) is 11.3 Å². The van der Waals surface area contributed by atoms with Crippen LogP contribution in [0.3, 0.4) is 0 Å². The van der Waals surface area contributed by atoms with Crippen LogP contribution >= 0.6 is 11.6 Å². The summed E-state index contributed by atoms with van der Waals surface area (Å²) in [6.45, 7) is 2.16. The largest absolute Gasteiger partial charge is 0.460 e. The number of nitrogens with zero attached hydrogens (tertiary/aromatic N) is 2. The molecule has 0 aliphatic rings. The highest BCUT2D eigenvalue weighted by Crippen LogP contribution is 2.28. The van der Waals surface area contributed by atoms with Gasteiger partial charge in [-0.15, -0.1) is 0 Å². The molecule has 2 aromatic carbocycles. The molecule has 0 unspecified atom stereocenters. The molecule has 4 nitrogen and oxygen atoms in total. The smallest absolute Gasteiger partial charge is 0.135 e. The Kier molecular flexibility index (Phi) is 5.37. The lowest BCUT2D eigenvalue weighted by atomic mass is 10.2. The number of hydrogen-bond donors (Lipinski definition) is 1. The van der Waals surface area contributed by atoms with Crippen molar-refractivity contribution in [2.75, 3.05) is 0 Å². The van der Waals surface area contributed by atoms with Gasteiger partial charge in [0.25, 0.3) is 0 Å². The summed E-state index contributed by atoms with van der Waals surface area (Å²) in [5, 5.41) is 8.52. The van der Waals surface area contributed by atoms with E-state index in [0.717, 1.165) is 35.7 Å². The molecule has 2 heterocycles. The van der Waals surface area contributed by atoms with Gasteiger partial charge in [-0.25, -0.2) is 0 Å². The van der Waals surface area contributed by atoms with Crippen molar-refractivity contribution < 1.29 is 4.42 Å². The van der Waals surface area contributed by atoms with Crippen LogP contribution in [-0.2, 0) is 19.6 Å². The highest BCUT2D eigenvalue weighted by Gasteiger charge is 2.08. The van der Waals surface area contributed by atoms with Gasteiger partial charge in [-0.3, -0.25) is 4.68 Å². The third-order valence-electron chi connectivity index (χ3n) is 4.30. The molecule has 0 aliphatic heterocycles. The first-order chi connectivity index (χ1) is 13.3. The van der Waals surface area contributed by atoms with Crippen molar-refractivity contribution in [2.24, 2.45) is 0 Å². The van der Waals surface area contributed by atoms with Gasteiger partial charge < -0.3 is 9.73 Å². The van der Waals surface area contributed by atoms with E-state index in [4.69, 9.17) is 16.0 Å². The molecule has 0 bridgehead atoms. The van der Waals surface area contributed by atoms with Crippen molar-refractivity contribution in [2.45, 2.75) is 19.6 Å². The van der Waals surface area contributed by atoms with Crippen LogP contribution in [0.4, 0.5) is 0 Å². The Morgan fingerprint density at radius 3 is 2.56 bits per heavy atom. The zero-order valence-corrected chi connectivity index (χ0v) is 15.6. The molecule has 1 N–H and O–H groups in total. The van der Waals surface area contributed by atoms with Crippen LogP contribution in [0.2, 0.25) is 5.02 Å². The number of rotatable bonds is 7. The van der Waals surface area contributed by atoms with Gasteiger partial charge in [-0.1, -0.05) is 54.1 Å². The monoisotopic (exact) mass is 377 g/mol. The number of nitrogens with one attached hydrogen (secondary N) is 1. The fourth-order valence-corrected chi connectivity index (χ4v) is 3.19. The molecule has 0 saturated carbocycles. The van der Waals surface area contributed by atoms with E-state index in [1.807, 2.05) is 65.5 Å². The average Bonchev–Trinajstić information content (AvgIpc) is 3.33. The van der Waals surface area contributed by atoms with Crippen LogP contribution in [-0.4, -0.2) is 9.78 Å². The Balaban J connectivity index is 1.31. The van der Waals surface area contributed by atoms with Crippen LogP contribution < -0.4 is 5.32 Å². The van der Waals surface area contributed by atoms with Gasteiger partial charge in [0.2, 0.25) is 0 Å². The molecule has 5 heteroatoms. The lowest BCUT2D eigenvalue weighted by molar-refractivity contribution is 0.493. The molecule has 0 aliphatic carbocycles. The van der Waals surface area contributed by atoms with E-state index in [1.165, 1.54) is 5.56 Å². The fraction of sp³-hybridized carbons (Fsp3) is 0.136. The van der Waals surface area contributed by atoms with Crippen LogP contribution in [0.1, 0.15) is 16.9 Å². The molecule has 0 radical (unpaired) electrons. The first kappa shape index (κ1) is 17.6. The standard InChI is InChI=1S/C22H20ClN3O/c23-21-9-5-4-8-20(21)22-11-10-19(27-22)14-24-12-18-13-25-26(16-18)15-17-6-2-1-3-7-17/h1-11,13,16,24H,12,14-15H2. The molecule has 0 spiro atoms. The second kappa shape index (κ2) is 8.25. The number of halogens is 1. The molecule has 136 valence electrons. The van der Waals surface area contributed by atoms with Gasteiger partial charge >= 0.3 is 0 Å². The third kappa shape index (κ3) is 4.48. The van der Waals surface area contributed by atoms with Crippen LogP contribution in [0, 0.1) is 0 Å². The van der Waals surface area contributed by atoms with Gasteiger partial charge in [0.15, 0.2) is 0 Å². The highest BCUT2D eigenvalue weighted by atomic mass is 35.5. The minimum absolute atomic E-state index is 0.647. The summed E-state index contributed by atoms with van der Waals surface area (Å²) >= 11 is 6.23. The van der Waals surface area contributed by atoms with E-state index in [-0.39, 0.29) is 0 Å². The zero-order valence-electron chi connectivity index (χ0n) is 14.8. The topological polar surface area (TPSA) is 43.0 Å². The SMILES string of the molecule is Clc1ccccc1-c1ccc(CNCc2cnn(Cc3ccccc3)c2)o1. The Morgan fingerprint density at radius 1 is 0.889 bits per heavy atom. The summed E-state index contributed by atoms with van der Waals surface area (Å²) in [5.41, 5.74) is 3.29. The van der Waals surface area contributed by atoms with E-state index in [2.05, 4.69) is 28.7 Å². The Hall–Kier alpha value is -2.82. The van der Waals surface area contributed by atoms with Crippen molar-refractivity contribution in [3.05, 3.63) is 101 Å². The van der Waals surface area contributed by atoms with Gasteiger partial charge in [0, 0.05) is 23.9 Å². The minimum Gasteiger partial charge on any atom is -0.460 e. The minimum atomic E-state index is 0.647. The predicted octanol–water partition coefficient (Wildman–Crippen LogP) is 5.13. The maximum Gasteiger partial charge on any atom is 0.135 e. The van der Waals surface area contributed by atoms with Crippen molar-refractivity contribution in [3.63, 3.8) is 0 Å². The molecular formula is C22H20ClN3O. The van der Waals surface area contributed by atoms with Gasteiger partial charge in [-0.2, -0.15) is 5.10 Å². The molecule has 4 aromatic rings. The maximum absolute atomic E-state index is 6.23. The molecular weight excluding hydrogens is 358 g/mol. The summed E-state index contributed by atoms with van der Waals surface area (Å²) in [7, 11) is 0. The van der Waals surface area contributed by atoms with Gasteiger partial charge in [0.1, 0.15) is 11.5 Å². The number of furan rings is 1. The van der Waals surface area contributed by atoms with Gasteiger partial charge in [-0.05, 0) is 29.8 Å². The molecule has 2 aromatic heterocycles. The molecule has 27 heavy (non-hydrogen) atoms. The number of hydrogen-bond acceptors (Lipinski definition) is 3. The molecule has 0 amide bonds. The Bertz CT molecular complexity index is 1010. The van der Waals surface area contributed by atoms with Crippen LogP contribution in [0.15, 0.2) is 83.5 Å². The number of aromatic nitrogens is 2. The van der Waals surface area contributed by atoms with Crippen molar-refractivity contribution in [1.29, 1.82) is 0 Å². The molecule has 4 rings (SSSR count). The Labute approximate surface area is 163 Å². The summed E-state index contributed by atoms with van der Waals surface area (Å²) < 4.78 is 7.86. The van der Waals surface area contributed by atoms with Crippen molar-refractivity contribution >= 4 is 11.6 Å². The number of benzene rings is 2. The summed E-state index contributed by atoms with van der Waals surface area (Å²) in [4.78, 5) is 0. The van der Waals surface area contributed by atoms with Crippen LogP contribution in [0.25, 0.3) is 11.3 Å². The molecule has 0 atom stereocenters. The average molecular weight is 378 g/mol. The second-order valence-corrected chi connectivity index (χ2v) is 6.79. The lowest BCUT2D eigenvalue weighted by Crippen LogP contribution is -2.11. The van der Waals surface area contributed by atoms with E-state index < -0.39 is 0 Å². The van der Waals surface area contributed by atoms with E-state index in [1.54, 1.807) is 0 Å². The van der Waals surface area contributed by atoms with Crippen molar-refractivity contribution in [1.82, 2.24) is 15.1 Å². The first-order valence-electron chi connectivity index (χ1n) is 8.87. The van der Waals surface area contributed by atoms with E-state index >= 15 is 0 Å².